The van der Waals surface area contributed by atoms with E-state index < -0.39 is 18.0 Å². The maximum Gasteiger partial charge on any atom is 0.272 e. The molecule has 0 spiro atoms. The van der Waals surface area contributed by atoms with Gasteiger partial charge in [-0.3, -0.25) is 19.3 Å². The Morgan fingerprint density at radius 1 is 1.11 bits per heavy atom. The summed E-state index contributed by atoms with van der Waals surface area (Å²) in [7, 11) is 0. The van der Waals surface area contributed by atoms with Gasteiger partial charge in [0.2, 0.25) is 11.8 Å². The number of nitrogens with one attached hydrogen (secondary N) is 1. The van der Waals surface area contributed by atoms with Gasteiger partial charge in [-0.05, 0) is 55.2 Å². The van der Waals surface area contributed by atoms with E-state index in [1.807, 2.05) is 13.0 Å². The maximum absolute atomic E-state index is 14.2. The molecule has 2 amide bonds. The van der Waals surface area contributed by atoms with E-state index in [1.54, 1.807) is 52.3 Å². The summed E-state index contributed by atoms with van der Waals surface area (Å²) in [6.45, 7) is 2.23. The van der Waals surface area contributed by atoms with Gasteiger partial charge in [0.25, 0.3) is 5.92 Å². The second-order valence-electron chi connectivity index (χ2n) is 11.7. The molecule has 0 saturated heterocycles. The zero-order valence-electron chi connectivity index (χ0n) is 24.1. The zero-order valence-corrected chi connectivity index (χ0v) is 25.6. The highest BCUT2D eigenvalue weighted by molar-refractivity contribution is 6.31. The van der Waals surface area contributed by atoms with Gasteiger partial charge in [-0.1, -0.05) is 41.8 Å². The van der Waals surface area contributed by atoms with Crippen molar-refractivity contribution in [2.75, 3.05) is 11.9 Å². The first-order chi connectivity index (χ1) is 21.6. The molecule has 1 aliphatic carbocycles. The van der Waals surface area contributed by atoms with Gasteiger partial charge in [0, 0.05) is 47.3 Å². The van der Waals surface area contributed by atoms with Crippen molar-refractivity contribution < 1.29 is 18.4 Å². The second-order valence-corrected chi connectivity index (χ2v) is 12.6. The summed E-state index contributed by atoms with van der Waals surface area (Å²) in [5, 5.41) is 15.9. The number of anilines is 1. The number of halogens is 4. The topological polar surface area (TPSA) is 111 Å². The molecule has 3 atom stereocenters. The van der Waals surface area contributed by atoms with Gasteiger partial charge >= 0.3 is 0 Å². The minimum atomic E-state index is -2.87. The van der Waals surface area contributed by atoms with Gasteiger partial charge in [-0.25, -0.2) is 13.5 Å². The lowest BCUT2D eigenvalue weighted by Crippen LogP contribution is -2.38. The van der Waals surface area contributed by atoms with Crippen LogP contribution in [-0.2, 0) is 9.59 Å². The lowest BCUT2D eigenvalue weighted by molar-refractivity contribution is -0.129. The number of nitrogens with zero attached hydrogens (tertiary/aromatic N) is 7. The van der Waals surface area contributed by atoms with Crippen LogP contribution >= 0.6 is 23.2 Å². The number of alkyl halides is 2. The Hall–Kier alpha value is -4.16. The van der Waals surface area contributed by atoms with Crippen LogP contribution in [0.1, 0.15) is 62.4 Å². The standard InChI is InChI=1S/C31H28Cl2F2N8O2/c1-17-3-2-4-25(22-11-19(7-9-36-22)29-23(38-30(17)45)15-37-43(29)26-14-31(26,34)35)41-10-8-18(12-28(41)44)21-13-20(32)5-6-24(21)42-16-27(33)39-40-42/h5-7,9,11-13,15-17,25-26H,2-4,8,10,14H2,1H3,(H,38,45)/t17-,25+,26?/m1/s1. The van der Waals surface area contributed by atoms with Crippen molar-refractivity contribution in [2.45, 2.75) is 57.0 Å². The van der Waals surface area contributed by atoms with E-state index in [4.69, 9.17) is 23.2 Å². The summed E-state index contributed by atoms with van der Waals surface area (Å²) in [5.74, 6) is -3.62. The van der Waals surface area contributed by atoms with E-state index in [1.165, 1.54) is 10.9 Å². The Bertz CT molecular complexity index is 1850. The van der Waals surface area contributed by atoms with E-state index in [0.29, 0.717) is 65.6 Å². The number of hydrogen-bond acceptors (Lipinski definition) is 6. The van der Waals surface area contributed by atoms with E-state index in [9.17, 15) is 18.4 Å². The molecule has 0 radical (unpaired) electrons. The van der Waals surface area contributed by atoms with Crippen LogP contribution in [-0.4, -0.2) is 58.9 Å². The van der Waals surface area contributed by atoms with Crippen molar-refractivity contribution in [1.29, 1.82) is 0 Å². The summed E-state index contributed by atoms with van der Waals surface area (Å²) >= 11 is 12.4. The van der Waals surface area contributed by atoms with E-state index in [0.717, 1.165) is 11.1 Å². The number of hydrogen-bond donors (Lipinski definition) is 1. The highest BCUT2D eigenvalue weighted by atomic mass is 35.5. The minimum absolute atomic E-state index is 0.197. The average molecular weight is 654 g/mol. The normalized spacial score (nSPS) is 23.0. The Morgan fingerprint density at radius 2 is 1.93 bits per heavy atom. The highest BCUT2D eigenvalue weighted by Gasteiger charge is 2.59. The number of amides is 2. The van der Waals surface area contributed by atoms with Crippen LogP contribution in [0.3, 0.4) is 0 Å². The molecule has 1 aromatic carbocycles. The van der Waals surface area contributed by atoms with Gasteiger partial charge in [0.05, 0.1) is 41.2 Å². The van der Waals surface area contributed by atoms with Crippen LogP contribution in [0.25, 0.3) is 22.5 Å². The van der Waals surface area contributed by atoms with Gasteiger partial charge in [-0.2, -0.15) is 5.10 Å². The minimum Gasteiger partial charge on any atom is -0.330 e. The molecule has 232 valence electrons. The fourth-order valence-electron chi connectivity index (χ4n) is 6.19. The molecule has 14 heteroatoms. The smallest absolute Gasteiger partial charge is 0.272 e. The second kappa shape index (κ2) is 11.3. The Balaban J connectivity index is 1.25. The number of carbonyl (C=O) groups is 2. The van der Waals surface area contributed by atoms with E-state index >= 15 is 0 Å². The van der Waals surface area contributed by atoms with Gasteiger partial charge in [0.15, 0.2) is 5.15 Å². The lowest BCUT2D eigenvalue weighted by atomic mass is 9.93. The maximum atomic E-state index is 14.2. The Kier molecular flexibility index (Phi) is 7.44. The molecule has 1 saturated carbocycles. The van der Waals surface area contributed by atoms with Crippen molar-refractivity contribution >= 4 is 46.3 Å². The first-order valence-electron chi connectivity index (χ1n) is 14.7. The fraction of sp³-hybridized carbons (Fsp3) is 0.355. The van der Waals surface area contributed by atoms with Crippen molar-refractivity contribution in [3.63, 3.8) is 0 Å². The predicted octanol–water partition coefficient (Wildman–Crippen LogP) is 6.53. The number of rotatable bonds is 4. The molecule has 45 heavy (non-hydrogen) atoms. The van der Waals surface area contributed by atoms with Crippen LogP contribution in [0.4, 0.5) is 14.5 Å². The number of pyridine rings is 1. The predicted molar refractivity (Wildman–Crippen MR) is 164 cm³/mol. The summed E-state index contributed by atoms with van der Waals surface area (Å²) < 4.78 is 31.2. The molecule has 3 aromatic heterocycles. The molecule has 5 heterocycles. The highest BCUT2D eigenvalue weighted by Crippen LogP contribution is 2.54. The molecule has 1 N–H and O–H groups in total. The third-order valence-electron chi connectivity index (χ3n) is 8.70. The molecule has 4 aromatic rings. The number of benzene rings is 1. The van der Waals surface area contributed by atoms with Crippen LogP contribution in [0.5, 0.6) is 0 Å². The van der Waals surface area contributed by atoms with Crippen LogP contribution in [0, 0.1) is 5.92 Å². The first kappa shape index (κ1) is 29.5. The molecule has 10 nitrogen and oxygen atoms in total. The molecule has 1 unspecified atom stereocenters. The first-order valence-corrected chi connectivity index (χ1v) is 15.5. The van der Waals surface area contributed by atoms with Crippen LogP contribution in [0.2, 0.25) is 10.2 Å². The molecular formula is C31H28Cl2F2N8O2. The molecule has 2 aliphatic heterocycles. The number of fused-ring (bicyclic) bond motifs is 4. The van der Waals surface area contributed by atoms with Gasteiger partial charge in [0.1, 0.15) is 6.04 Å². The third kappa shape index (κ3) is 5.61. The van der Waals surface area contributed by atoms with Crippen molar-refractivity contribution in [2.24, 2.45) is 5.92 Å². The van der Waals surface area contributed by atoms with E-state index in [-0.39, 0.29) is 29.3 Å². The van der Waals surface area contributed by atoms with Crippen molar-refractivity contribution in [1.82, 2.24) is 34.7 Å². The van der Waals surface area contributed by atoms with Gasteiger partial charge in [-0.15, -0.1) is 5.10 Å². The van der Waals surface area contributed by atoms with Crippen LogP contribution in [0.15, 0.2) is 55.0 Å². The Labute approximate surface area is 267 Å². The number of carbonyl (C=O) groups excluding carboxylic acids is 2. The van der Waals surface area contributed by atoms with Gasteiger partial charge < -0.3 is 10.2 Å². The molecule has 1 fully saturated rings. The number of aromatic nitrogens is 6. The molecule has 2 bridgehead atoms. The van der Waals surface area contributed by atoms with Crippen LogP contribution < -0.4 is 5.32 Å². The molecular weight excluding hydrogens is 625 g/mol. The summed E-state index contributed by atoms with van der Waals surface area (Å²) in [6.07, 6.45) is 8.24. The summed E-state index contributed by atoms with van der Waals surface area (Å²) in [4.78, 5) is 33.4. The molecule has 3 aliphatic rings. The largest absolute Gasteiger partial charge is 0.330 e. The van der Waals surface area contributed by atoms with Crippen molar-refractivity contribution in [3.05, 3.63) is 76.4 Å². The fourth-order valence-corrected chi connectivity index (χ4v) is 6.49. The molecule has 7 rings (SSSR count). The quantitative estimate of drug-likeness (QED) is 0.268. The average Bonchev–Trinajstić information content (AvgIpc) is 3.30. The zero-order chi connectivity index (χ0) is 31.5. The summed E-state index contributed by atoms with van der Waals surface area (Å²) in [5.41, 5.74) is 4.22. The summed E-state index contributed by atoms with van der Waals surface area (Å²) in [6, 6.07) is 7.37. The Morgan fingerprint density at radius 3 is 2.67 bits per heavy atom. The third-order valence-corrected chi connectivity index (χ3v) is 9.10. The van der Waals surface area contributed by atoms with E-state index in [2.05, 4.69) is 25.7 Å². The lowest BCUT2D eigenvalue weighted by Gasteiger charge is -2.34. The SMILES string of the molecule is C[C@@H]1CCC[C@H](N2CCC(c3cc(Cl)ccc3-n3cc(Cl)nn3)=CC2=O)c2cc(ccn2)-c2c(cnn2C2CC2(F)F)NC1=O. The monoisotopic (exact) mass is 652 g/mol. The van der Waals surface area contributed by atoms with Crippen molar-refractivity contribution in [3.8, 4) is 16.9 Å².